The minimum atomic E-state index is 0. The summed E-state index contributed by atoms with van der Waals surface area (Å²) in [4.78, 5) is 2.58. The van der Waals surface area contributed by atoms with Crippen LogP contribution in [0.2, 0.25) is 0 Å². The van der Waals surface area contributed by atoms with E-state index in [9.17, 15) is 0 Å². The van der Waals surface area contributed by atoms with Gasteiger partial charge in [-0.15, -0.1) is 0 Å². The molecule has 0 radical (unpaired) electrons. The predicted octanol–water partition coefficient (Wildman–Crippen LogP) is 1.26. The number of fused-ring (bicyclic) bond motifs is 3. The lowest BCUT2D eigenvalue weighted by atomic mass is 9.89. The second kappa shape index (κ2) is 2.67. The Bertz CT molecular complexity index is 61.9. The van der Waals surface area contributed by atoms with Gasteiger partial charge >= 0.3 is 0 Å². The molecule has 0 aromatic carbocycles. The second-order valence-corrected chi connectivity index (χ2v) is 3.07. The standard InChI is InChI=1S/C7H13N.H3N/c1-4-8-5-2-7(1)3-6-8;/h7H,1-6H2;1H3. The highest BCUT2D eigenvalue weighted by atomic mass is 15.1. The van der Waals surface area contributed by atoms with Crippen molar-refractivity contribution in [3.63, 3.8) is 0 Å². The molecule has 3 aliphatic heterocycles. The van der Waals surface area contributed by atoms with Crippen molar-refractivity contribution in [3.05, 3.63) is 0 Å². The van der Waals surface area contributed by atoms with E-state index < -0.39 is 0 Å². The highest BCUT2D eigenvalue weighted by Gasteiger charge is 2.24. The first-order valence-corrected chi connectivity index (χ1v) is 3.67. The summed E-state index contributed by atoms with van der Waals surface area (Å²) in [6.07, 6.45) is 4.46. The molecular formula is C7H16N2. The molecule has 0 atom stereocenters. The van der Waals surface area contributed by atoms with Crippen molar-refractivity contribution in [1.82, 2.24) is 11.1 Å². The van der Waals surface area contributed by atoms with Crippen LogP contribution in [0.4, 0.5) is 0 Å². The van der Waals surface area contributed by atoms with Gasteiger partial charge in [0.1, 0.15) is 0 Å². The van der Waals surface area contributed by atoms with Crippen molar-refractivity contribution in [2.75, 3.05) is 19.6 Å². The third kappa shape index (κ3) is 1.25. The summed E-state index contributed by atoms with van der Waals surface area (Å²) in [6.45, 7) is 4.18. The molecule has 54 valence electrons. The SMILES string of the molecule is C1CN2CCC1CC2.N. The Balaban J connectivity index is 0.000000405. The summed E-state index contributed by atoms with van der Waals surface area (Å²) in [5.74, 6) is 1.11. The zero-order valence-electron chi connectivity index (χ0n) is 5.97. The van der Waals surface area contributed by atoms with Gasteiger partial charge in [0.05, 0.1) is 0 Å². The van der Waals surface area contributed by atoms with Gasteiger partial charge in [-0.2, -0.15) is 0 Å². The van der Waals surface area contributed by atoms with Crippen LogP contribution in [0, 0.1) is 5.92 Å². The Hall–Kier alpha value is -0.0800. The molecule has 3 heterocycles. The molecule has 3 N–H and O–H groups in total. The molecule has 0 spiro atoms. The van der Waals surface area contributed by atoms with E-state index in [4.69, 9.17) is 0 Å². The maximum absolute atomic E-state index is 2.58. The average Bonchev–Trinajstić information content (AvgIpc) is 1.92. The van der Waals surface area contributed by atoms with Crippen molar-refractivity contribution >= 4 is 0 Å². The maximum Gasteiger partial charge on any atom is -0.00161 e. The number of rotatable bonds is 0. The summed E-state index contributed by atoms with van der Waals surface area (Å²) in [5, 5.41) is 0. The van der Waals surface area contributed by atoms with E-state index in [0.29, 0.717) is 0 Å². The largest absolute Gasteiger partial charge is 0.344 e. The Kier molecular flexibility index (Phi) is 2.09. The van der Waals surface area contributed by atoms with Crippen molar-refractivity contribution in [3.8, 4) is 0 Å². The summed E-state index contributed by atoms with van der Waals surface area (Å²) < 4.78 is 0. The number of hydrogen-bond acceptors (Lipinski definition) is 2. The van der Waals surface area contributed by atoms with Crippen molar-refractivity contribution < 1.29 is 0 Å². The van der Waals surface area contributed by atoms with E-state index >= 15 is 0 Å². The van der Waals surface area contributed by atoms with Gasteiger partial charge in [0, 0.05) is 0 Å². The fourth-order valence-electron chi connectivity index (χ4n) is 1.86. The zero-order chi connectivity index (χ0) is 5.40. The van der Waals surface area contributed by atoms with Crippen LogP contribution < -0.4 is 6.15 Å². The molecule has 3 rings (SSSR count). The summed E-state index contributed by atoms with van der Waals surface area (Å²) in [6, 6.07) is 0. The Morgan fingerprint density at radius 1 is 0.889 bits per heavy atom. The first-order valence-electron chi connectivity index (χ1n) is 3.67. The third-order valence-corrected chi connectivity index (χ3v) is 2.56. The van der Waals surface area contributed by atoms with Crippen LogP contribution in [-0.4, -0.2) is 24.5 Å². The highest BCUT2D eigenvalue weighted by molar-refractivity contribution is 4.78. The van der Waals surface area contributed by atoms with Crippen LogP contribution in [0.1, 0.15) is 19.3 Å². The van der Waals surface area contributed by atoms with Gasteiger partial charge in [-0.1, -0.05) is 0 Å². The van der Waals surface area contributed by atoms with E-state index in [1.807, 2.05) is 0 Å². The van der Waals surface area contributed by atoms with E-state index in [1.165, 1.54) is 38.9 Å². The van der Waals surface area contributed by atoms with E-state index in [-0.39, 0.29) is 6.15 Å². The molecule has 0 unspecified atom stereocenters. The summed E-state index contributed by atoms with van der Waals surface area (Å²) >= 11 is 0. The topological polar surface area (TPSA) is 38.2 Å². The first kappa shape index (κ1) is 7.03. The third-order valence-electron chi connectivity index (χ3n) is 2.56. The van der Waals surface area contributed by atoms with Crippen molar-refractivity contribution in [1.29, 1.82) is 0 Å². The molecule has 0 saturated carbocycles. The van der Waals surface area contributed by atoms with Crippen molar-refractivity contribution in [2.24, 2.45) is 5.92 Å². The predicted molar refractivity (Wildman–Crippen MR) is 38.8 cm³/mol. The second-order valence-electron chi connectivity index (χ2n) is 3.07. The monoisotopic (exact) mass is 128 g/mol. The minimum Gasteiger partial charge on any atom is -0.344 e. The molecule has 0 amide bonds. The van der Waals surface area contributed by atoms with Gasteiger partial charge < -0.3 is 11.1 Å². The van der Waals surface area contributed by atoms with Crippen LogP contribution in [0.25, 0.3) is 0 Å². The number of piperidine rings is 3. The normalized spacial score (nSPS) is 40.0. The molecule has 9 heavy (non-hydrogen) atoms. The maximum atomic E-state index is 2.58. The fraction of sp³-hybridized carbons (Fsp3) is 1.00. The summed E-state index contributed by atoms with van der Waals surface area (Å²) in [5.41, 5.74) is 0. The van der Waals surface area contributed by atoms with Crippen LogP contribution in [0.15, 0.2) is 0 Å². The molecule has 3 fully saturated rings. The minimum absolute atomic E-state index is 0. The molecule has 0 aromatic heterocycles. The van der Waals surface area contributed by atoms with Gasteiger partial charge in [-0.05, 0) is 44.8 Å². The molecule has 0 aliphatic carbocycles. The van der Waals surface area contributed by atoms with E-state index in [1.54, 1.807) is 0 Å². The molecular weight excluding hydrogens is 112 g/mol. The van der Waals surface area contributed by atoms with Crippen molar-refractivity contribution in [2.45, 2.75) is 19.3 Å². The molecule has 2 nitrogen and oxygen atoms in total. The number of hydrogen-bond donors (Lipinski definition) is 1. The highest BCUT2D eigenvalue weighted by Crippen LogP contribution is 2.26. The zero-order valence-corrected chi connectivity index (χ0v) is 5.97. The van der Waals surface area contributed by atoms with Crippen LogP contribution in [0.5, 0.6) is 0 Å². The molecule has 2 bridgehead atoms. The lowest BCUT2D eigenvalue weighted by Crippen LogP contribution is -2.41. The fourth-order valence-corrected chi connectivity index (χ4v) is 1.86. The van der Waals surface area contributed by atoms with Gasteiger partial charge in [0.25, 0.3) is 0 Å². The van der Waals surface area contributed by atoms with Crippen LogP contribution in [0.3, 0.4) is 0 Å². The van der Waals surface area contributed by atoms with E-state index in [2.05, 4.69) is 4.90 Å². The molecule has 2 heteroatoms. The van der Waals surface area contributed by atoms with E-state index in [0.717, 1.165) is 5.92 Å². The van der Waals surface area contributed by atoms with Gasteiger partial charge in [0.15, 0.2) is 0 Å². The lowest BCUT2D eigenvalue weighted by molar-refractivity contribution is 0.111. The Morgan fingerprint density at radius 2 is 1.33 bits per heavy atom. The summed E-state index contributed by atoms with van der Waals surface area (Å²) in [7, 11) is 0. The smallest absolute Gasteiger partial charge is 0.00161 e. The Labute approximate surface area is 56.8 Å². The molecule has 3 saturated heterocycles. The van der Waals surface area contributed by atoms with Gasteiger partial charge in [-0.25, -0.2) is 0 Å². The van der Waals surface area contributed by atoms with Gasteiger partial charge in [0.2, 0.25) is 0 Å². The lowest BCUT2D eigenvalue weighted by Gasteiger charge is -2.38. The quantitative estimate of drug-likeness (QED) is 0.533. The van der Waals surface area contributed by atoms with Gasteiger partial charge in [-0.3, -0.25) is 0 Å². The number of nitrogens with zero attached hydrogens (tertiary/aromatic N) is 1. The first-order chi connectivity index (χ1) is 3.95. The van der Waals surface area contributed by atoms with Crippen LogP contribution in [-0.2, 0) is 0 Å². The molecule has 3 aliphatic rings. The average molecular weight is 128 g/mol. The van der Waals surface area contributed by atoms with Crippen LogP contribution >= 0.6 is 0 Å². The molecule has 0 aromatic rings. The Morgan fingerprint density at radius 3 is 1.44 bits per heavy atom.